The van der Waals surface area contributed by atoms with Gasteiger partial charge in [0.05, 0.1) is 35.3 Å². The maximum Gasteiger partial charge on any atom is 1.00 e. The largest absolute Gasteiger partial charge is 1.00 e. The van der Waals surface area contributed by atoms with Gasteiger partial charge < -0.3 is 33.0 Å². The Morgan fingerprint density at radius 2 is 1.42 bits per heavy atom. The fraction of sp³-hybridized carbons (Fsp3) is 0.528. The van der Waals surface area contributed by atoms with Crippen molar-refractivity contribution in [3.05, 3.63) is 71.5 Å². The molecule has 3 atom stereocenters. The average Bonchev–Trinajstić information content (AvgIpc) is 3.10. The minimum absolute atomic E-state index is 0. The van der Waals surface area contributed by atoms with Crippen molar-refractivity contribution in [2.75, 3.05) is 78.8 Å². The van der Waals surface area contributed by atoms with Crippen molar-refractivity contribution in [3.8, 4) is 5.75 Å². The van der Waals surface area contributed by atoms with E-state index >= 15 is 0 Å². The Balaban J connectivity index is 0.000000572. The Labute approximate surface area is 331 Å². The summed E-state index contributed by atoms with van der Waals surface area (Å²) in [4.78, 5) is 7.56. The third kappa shape index (κ3) is 12.7. The first-order valence-electron chi connectivity index (χ1n) is 17.0. The number of rotatable bonds is 17. The van der Waals surface area contributed by atoms with Crippen LogP contribution in [0.2, 0.25) is 0 Å². The molecule has 0 bridgehead atoms. The number of anilines is 1. The van der Waals surface area contributed by atoms with Gasteiger partial charge in [-0.3, -0.25) is 9.89 Å². The van der Waals surface area contributed by atoms with E-state index in [1.807, 2.05) is 58.0 Å². The molecule has 1 heterocycles. The molecule has 4 rings (SSSR count). The standard InChI is InChI=1S/C27H32N2O7S2.C9H21NO3.Na/c1-5-17(4)28-18-8-11-21-24(14-18)36-25-15-19(29(6-2)7-3)9-12-22(25)27(21)23-13-10-20(37(30,31)32)16-26(23)38(33,34)35;1-11-7-4-10(5-8-12-2)6-9-13-3;/h8-17,21,27H,5-7H2,1-4H3,(H,30,31,32)(H,33,34,35);4-9H2,1-3H3;/q;;+1/p-2. The summed E-state index contributed by atoms with van der Waals surface area (Å²) in [5.74, 6) is -0.166. The zero-order valence-corrected chi connectivity index (χ0v) is 35.2. The summed E-state index contributed by atoms with van der Waals surface area (Å²) >= 11 is 0. The molecule has 0 radical (unpaired) electrons. The van der Waals surface area contributed by atoms with E-state index in [1.54, 1.807) is 27.4 Å². The van der Waals surface area contributed by atoms with Crippen LogP contribution in [0.15, 0.2) is 75.2 Å². The van der Waals surface area contributed by atoms with Crippen LogP contribution < -0.4 is 39.2 Å². The van der Waals surface area contributed by atoms with E-state index in [0.717, 1.165) is 70.7 Å². The summed E-state index contributed by atoms with van der Waals surface area (Å²) in [5, 5.41) is 0. The van der Waals surface area contributed by atoms with Gasteiger partial charge in [-0.2, -0.15) is 0 Å². The van der Waals surface area contributed by atoms with Crippen LogP contribution in [0.25, 0.3) is 0 Å². The number of fused-ring (bicyclic) bond motifs is 2. The first-order chi connectivity index (χ1) is 24.2. The van der Waals surface area contributed by atoms with Crippen LogP contribution >= 0.6 is 0 Å². The maximum absolute atomic E-state index is 12.3. The first kappa shape index (κ1) is 46.0. The number of benzene rings is 2. The monoisotopic (exact) mass is 772 g/mol. The summed E-state index contributed by atoms with van der Waals surface area (Å²) in [6, 6.07) is 8.63. The molecule has 13 nitrogen and oxygen atoms in total. The van der Waals surface area contributed by atoms with Gasteiger partial charge >= 0.3 is 29.6 Å². The van der Waals surface area contributed by atoms with Gasteiger partial charge in [-0.25, -0.2) is 16.8 Å². The molecular formula is C36H51N3NaO10S2-. The topological polar surface area (TPSA) is 170 Å². The minimum atomic E-state index is -5.14. The first-order valence-corrected chi connectivity index (χ1v) is 19.8. The summed E-state index contributed by atoms with van der Waals surface area (Å²) in [6.45, 7) is 14.7. The van der Waals surface area contributed by atoms with Crippen molar-refractivity contribution in [2.24, 2.45) is 10.9 Å². The third-order valence-corrected chi connectivity index (χ3v) is 10.5. The Bertz CT molecular complexity index is 1740. The minimum Gasteiger partial charge on any atom is -0.744 e. The molecule has 284 valence electrons. The molecule has 16 heteroatoms. The van der Waals surface area contributed by atoms with Crippen molar-refractivity contribution < 1.29 is 74.4 Å². The zero-order valence-electron chi connectivity index (χ0n) is 31.5. The van der Waals surface area contributed by atoms with Crippen molar-refractivity contribution in [1.29, 1.82) is 0 Å². The molecule has 0 spiro atoms. The molecule has 2 aromatic carbocycles. The maximum atomic E-state index is 12.3. The van der Waals surface area contributed by atoms with E-state index in [4.69, 9.17) is 18.9 Å². The summed E-state index contributed by atoms with van der Waals surface area (Å²) < 4.78 is 93.2. The Morgan fingerprint density at radius 1 is 0.846 bits per heavy atom. The van der Waals surface area contributed by atoms with E-state index in [1.165, 1.54) is 6.07 Å². The number of allylic oxidation sites excluding steroid dienone is 3. The molecule has 0 amide bonds. The van der Waals surface area contributed by atoms with E-state index in [2.05, 4.69) is 14.8 Å². The molecule has 1 aliphatic carbocycles. The zero-order chi connectivity index (χ0) is 37.8. The molecule has 2 aliphatic rings. The van der Waals surface area contributed by atoms with Gasteiger partial charge in [0.25, 0.3) is 0 Å². The molecule has 2 aromatic rings. The molecule has 3 unspecified atom stereocenters. The number of aliphatic imine (C=N–C) groups is 1. The fourth-order valence-corrected chi connectivity index (χ4v) is 7.19. The number of hydrogen-bond donors (Lipinski definition) is 0. The van der Waals surface area contributed by atoms with Crippen LogP contribution in [0.3, 0.4) is 0 Å². The molecule has 0 fully saturated rings. The van der Waals surface area contributed by atoms with Crippen LogP contribution in [0.1, 0.15) is 51.2 Å². The van der Waals surface area contributed by atoms with Gasteiger partial charge in [0.1, 0.15) is 31.7 Å². The molecule has 0 saturated carbocycles. The molecule has 0 aromatic heterocycles. The van der Waals surface area contributed by atoms with E-state index < -0.39 is 41.9 Å². The summed E-state index contributed by atoms with van der Waals surface area (Å²) in [7, 11) is -4.98. The van der Waals surface area contributed by atoms with Crippen LogP contribution in [0.4, 0.5) is 5.69 Å². The molecule has 1 aliphatic heterocycles. The smallest absolute Gasteiger partial charge is 0.744 e. The Kier molecular flexibility index (Phi) is 19.2. The van der Waals surface area contributed by atoms with Crippen molar-refractivity contribution in [2.45, 2.75) is 55.9 Å². The van der Waals surface area contributed by atoms with Gasteiger partial charge in [0.15, 0.2) is 0 Å². The predicted molar refractivity (Wildman–Crippen MR) is 195 cm³/mol. The van der Waals surface area contributed by atoms with E-state index in [-0.39, 0.29) is 41.2 Å². The van der Waals surface area contributed by atoms with Crippen LogP contribution in [-0.2, 0) is 34.4 Å². The Morgan fingerprint density at radius 3 is 1.92 bits per heavy atom. The molecule has 0 N–H and O–H groups in total. The average molecular weight is 773 g/mol. The quantitative estimate of drug-likeness (QED) is 0.168. The number of hydrogen-bond acceptors (Lipinski definition) is 13. The van der Waals surface area contributed by atoms with Gasteiger partial charge in [-0.1, -0.05) is 25.1 Å². The van der Waals surface area contributed by atoms with Gasteiger partial charge in [0.2, 0.25) is 0 Å². The van der Waals surface area contributed by atoms with E-state index in [0.29, 0.717) is 28.9 Å². The summed E-state index contributed by atoms with van der Waals surface area (Å²) in [6.07, 6.45) is 6.33. The fourth-order valence-electron chi connectivity index (χ4n) is 5.86. The number of ether oxygens (including phenoxy) is 4. The second kappa shape index (κ2) is 21.7. The molecule has 52 heavy (non-hydrogen) atoms. The summed E-state index contributed by atoms with van der Waals surface area (Å²) in [5.41, 5.74) is 2.35. The van der Waals surface area contributed by atoms with Crippen molar-refractivity contribution >= 4 is 31.6 Å². The second-order valence-electron chi connectivity index (χ2n) is 12.1. The Hall–Kier alpha value is -2.15. The number of nitrogens with zero attached hydrogens (tertiary/aromatic N) is 3. The second-order valence-corrected chi connectivity index (χ2v) is 14.9. The third-order valence-electron chi connectivity index (χ3n) is 8.81. The normalized spacial score (nSPS) is 18.0. The SMILES string of the molecule is CCC(C)N=C1C=CC2C(=C1)Oc1cc(N(CC)CC)ccc1C2c1ccc(S(=O)(=O)[O-])cc1S(=O)(=O)[O-].COCCN(CCOC)CCOC.[Na+]. The van der Waals surface area contributed by atoms with Gasteiger partial charge in [-0.15, -0.1) is 0 Å². The molecular weight excluding hydrogens is 722 g/mol. The van der Waals surface area contributed by atoms with Gasteiger partial charge in [-0.05, 0) is 57.0 Å². The van der Waals surface area contributed by atoms with Crippen LogP contribution in [0.5, 0.6) is 5.75 Å². The van der Waals surface area contributed by atoms with E-state index in [9.17, 15) is 25.9 Å². The van der Waals surface area contributed by atoms with Gasteiger partial charge in [0, 0.05) is 95.3 Å². The number of methoxy groups -OCH3 is 3. The van der Waals surface area contributed by atoms with Crippen molar-refractivity contribution in [1.82, 2.24) is 4.90 Å². The molecule has 0 saturated heterocycles. The van der Waals surface area contributed by atoms with Crippen LogP contribution in [0, 0.1) is 5.92 Å². The van der Waals surface area contributed by atoms with Crippen LogP contribution in [-0.4, -0.2) is 116 Å². The predicted octanol–water partition coefficient (Wildman–Crippen LogP) is 1.41. The van der Waals surface area contributed by atoms with Crippen molar-refractivity contribution in [3.63, 3.8) is 0 Å².